The van der Waals surface area contributed by atoms with Crippen molar-refractivity contribution in [3.8, 4) is 0 Å². The van der Waals surface area contributed by atoms with Crippen LogP contribution in [0.1, 0.15) is 43.0 Å². The van der Waals surface area contributed by atoms with Gasteiger partial charge in [-0.2, -0.15) is 0 Å². The molecule has 1 fully saturated rings. The van der Waals surface area contributed by atoms with Gasteiger partial charge in [-0.25, -0.2) is 0 Å². The number of carbonyl (C=O) groups is 1. The highest BCUT2D eigenvalue weighted by Crippen LogP contribution is 2.19. The Bertz CT molecular complexity index is 666. The number of nitrogens with zero attached hydrogens (tertiary/aromatic N) is 1. The molecule has 2 aromatic carbocycles. The van der Waals surface area contributed by atoms with Crippen LogP contribution in [0.4, 0.5) is 0 Å². The lowest BCUT2D eigenvalue weighted by Crippen LogP contribution is -2.88. The summed E-state index contributed by atoms with van der Waals surface area (Å²) >= 11 is 5.98. The van der Waals surface area contributed by atoms with Gasteiger partial charge in [0.1, 0.15) is 6.04 Å². The number of rotatable bonds is 5. The quantitative estimate of drug-likeness (QED) is 0.888. The molecule has 24 heavy (non-hydrogen) atoms. The van der Waals surface area contributed by atoms with E-state index in [4.69, 9.17) is 11.6 Å². The number of hydrogen-bond acceptors (Lipinski definition) is 1. The zero-order chi connectivity index (χ0) is 16.9. The predicted octanol–water partition coefficient (Wildman–Crippen LogP) is 3.33. The molecule has 0 bridgehead atoms. The van der Waals surface area contributed by atoms with Gasteiger partial charge in [0.2, 0.25) is 0 Å². The molecule has 1 saturated heterocycles. The number of halogens is 1. The van der Waals surface area contributed by atoms with Crippen molar-refractivity contribution >= 4 is 17.5 Å². The second-order valence-corrected chi connectivity index (χ2v) is 6.89. The van der Waals surface area contributed by atoms with Crippen LogP contribution < -0.4 is 5.32 Å². The van der Waals surface area contributed by atoms with Crippen molar-refractivity contribution in [2.24, 2.45) is 0 Å². The first kappa shape index (κ1) is 17.0. The first-order valence-electron chi connectivity index (χ1n) is 8.59. The van der Waals surface area contributed by atoms with Gasteiger partial charge < -0.3 is 10.2 Å². The van der Waals surface area contributed by atoms with Crippen LogP contribution >= 0.6 is 11.6 Å². The molecule has 0 spiro atoms. The highest BCUT2D eigenvalue weighted by Gasteiger charge is 2.32. The van der Waals surface area contributed by atoms with Crippen molar-refractivity contribution in [1.29, 1.82) is 0 Å². The van der Waals surface area contributed by atoms with Gasteiger partial charge in [-0.05, 0) is 31.9 Å². The van der Waals surface area contributed by atoms with Gasteiger partial charge in [0, 0.05) is 29.2 Å². The summed E-state index contributed by atoms with van der Waals surface area (Å²) in [6.45, 7) is 3.90. The molecule has 0 saturated carbocycles. The number of benzene rings is 2. The molecule has 4 heteroatoms. The van der Waals surface area contributed by atoms with Crippen LogP contribution in [0.15, 0.2) is 54.6 Å². The minimum absolute atomic E-state index is 0.180. The number of hydrogen-bond donors (Lipinski definition) is 1. The summed E-state index contributed by atoms with van der Waals surface area (Å²) in [7, 11) is 0. The van der Waals surface area contributed by atoms with E-state index < -0.39 is 0 Å². The van der Waals surface area contributed by atoms with E-state index in [1.54, 1.807) is 0 Å². The lowest BCUT2D eigenvalue weighted by atomic mass is 10.0. The topological polar surface area (TPSA) is 36.9 Å². The maximum atomic E-state index is 13.0. The number of amides is 1. The lowest BCUT2D eigenvalue weighted by Gasteiger charge is -2.24. The minimum Gasteiger partial charge on any atom is -0.337 e. The Morgan fingerprint density at radius 1 is 1.00 bits per heavy atom. The Labute approximate surface area is 148 Å². The van der Waals surface area contributed by atoms with E-state index in [9.17, 15) is 4.79 Å². The highest BCUT2D eigenvalue weighted by molar-refractivity contribution is 6.30. The average Bonchev–Trinajstić information content (AvgIpc) is 3.15. The van der Waals surface area contributed by atoms with E-state index in [2.05, 4.69) is 12.2 Å². The molecular weight excluding hydrogens is 320 g/mol. The molecule has 2 N–H and O–H groups in total. The van der Waals surface area contributed by atoms with Crippen LogP contribution in [0, 0.1) is 0 Å². The van der Waals surface area contributed by atoms with Gasteiger partial charge in [0.15, 0.2) is 6.04 Å². The van der Waals surface area contributed by atoms with E-state index in [0.717, 1.165) is 36.5 Å². The number of carbonyl (C=O) groups excluding carboxylic acids is 1. The lowest BCUT2D eigenvalue weighted by molar-refractivity contribution is -0.719. The Kier molecular flexibility index (Phi) is 5.54. The molecule has 1 heterocycles. The van der Waals surface area contributed by atoms with Crippen LogP contribution in [0.25, 0.3) is 0 Å². The largest absolute Gasteiger partial charge is 0.337 e. The molecule has 126 valence electrons. The number of quaternary nitrogens is 1. The van der Waals surface area contributed by atoms with Crippen LogP contribution in [0.5, 0.6) is 0 Å². The zero-order valence-corrected chi connectivity index (χ0v) is 14.7. The molecule has 3 nitrogen and oxygen atoms in total. The maximum absolute atomic E-state index is 13.0. The van der Waals surface area contributed by atoms with E-state index in [0.29, 0.717) is 0 Å². The predicted molar refractivity (Wildman–Crippen MR) is 96.8 cm³/mol. The van der Waals surface area contributed by atoms with E-state index in [1.807, 2.05) is 59.5 Å². The molecule has 0 radical (unpaired) electrons. The molecule has 1 aliphatic rings. The van der Waals surface area contributed by atoms with Gasteiger partial charge >= 0.3 is 0 Å². The van der Waals surface area contributed by atoms with Crippen molar-refractivity contribution in [2.75, 3.05) is 13.1 Å². The third-order valence-corrected chi connectivity index (χ3v) is 4.97. The zero-order valence-electron chi connectivity index (χ0n) is 14.0. The minimum atomic E-state index is -0.199. The van der Waals surface area contributed by atoms with Crippen molar-refractivity contribution in [3.05, 3.63) is 70.7 Å². The van der Waals surface area contributed by atoms with Crippen molar-refractivity contribution in [2.45, 2.75) is 31.8 Å². The summed E-state index contributed by atoms with van der Waals surface area (Å²) in [5.74, 6) is 0.222. The first-order valence-corrected chi connectivity index (χ1v) is 8.97. The van der Waals surface area contributed by atoms with E-state index >= 15 is 0 Å². The van der Waals surface area contributed by atoms with E-state index in [1.165, 1.54) is 5.56 Å². The summed E-state index contributed by atoms with van der Waals surface area (Å²) < 4.78 is 0. The monoisotopic (exact) mass is 343 g/mol. The van der Waals surface area contributed by atoms with E-state index in [-0.39, 0.29) is 18.0 Å². The maximum Gasteiger partial charge on any atom is 0.285 e. The normalized spacial score (nSPS) is 16.8. The van der Waals surface area contributed by atoms with Crippen LogP contribution in [0.3, 0.4) is 0 Å². The summed E-state index contributed by atoms with van der Waals surface area (Å²) in [5, 5.41) is 2.90. The Morgan fingerprint density at radius 3 is 2.25 bits per heavy atom. The highest BCUT2D eigenvalue weighted by atomic mass is 35.5. The van der Waals surface area contributed by atoms with Crippen LogP contribution in [-0.4, -0.2) is 23.9 Å². The fourth-order valence-corrected chi connectivity index (χ4v) is 3.42. The van der Waals surface area contributed by atoms with Crippen molar-refractivity contribution in [1.82, 2.24) is 4.90 Å². The fourth-order valence-electron chi connectivity index (χ4n) is 3.30. The molecule has 1 amide bonds. The molecule has 0 unspecified atom stereocenters. The summed E-state index contributed by atoms with van der Waals surface area (Å²) in [5.41, 5.74) is 2.24. The van der Waals surface area contributed by atoms with Crippen LogP contribution in [-0.2, 0) is 4.79 Å². The second kappa shape index (κ2) is 7.82. The van der Waals surface area contributed by atoms with Crippen molar-refractivity contribution in [3.63, 3.8) is 0 Å². The molecule has 0 aromatic heterocycles. The van der Waals surface area contributed by atoms with Gasteiger partial charge in [-0.1, -0.05) is 54.1 Å². The fraction of sp³-hybridized carbons (Fsp3) is 0.350. The second-order valence-electron chi connectivity index (χ2n) is 6.45. The molecule has 2 atom stereocenters. The SMILES string of the molecule is C[C@H]([NH2+][C@H](C(=O)N1CCCC1)c1ccccc1)c1ccc(Cl)cc1. The Hall–Kier alpha value is -1.84. The number of nitrogens with two attached hydrogens (primary N) is 1. The van der Waals surface area contributed by atoms with Gasteiger partial charge in [-0.15, -0.1) is 0 Å². The smallest absolute Gasteiger partial charge is 0.285 e. The Balaban J connectivity index is 1.81. The summed E-state index contributed by atoms with van der Waals surface area (Å²) in [4.78, 5) is 15.0. The van der Waals surface area contributed by atoms with Gasteiger partial charge in [0.05, 0.1) is 0 Å². The third kappa shape index (κ3) is 3.97. The average molecular weight is 344 g/mol. The Morgan fingerprint density at radius 2 is 1.62 bits per heavy atom. The van der Waals surface area contributed by atoms with Gasteiger partial charge in [0.25, 0.3) is 5.91 Å². The molecule has 0 aliphatic carbocycles. The van der Waals surface area contributed by atoms with Crippen LogP contribution in [0.2, 0.25) is 5.02 Å². The number of likely N-dealkylation sites (tertiary alicyclic amines) is 1. The van der Waals surface area contributed by atoms with Crippen molar-refractivity contribution < 1.29 is 10.1 Å². The first-order chi connectivity index (χ1) is 11.6. The van der Waals surface area contributed by atoms with Gasteiger partial charge in [-0.3, -0.25) is 4.79 Å². The molecule has 1 aliphatic heterocycles. The standard InChI is InChI=1S/C20H23ClN2O/c1-15(16-9-11-18(21)12-10-16)22-19(17-7-3-2-4-8-17)20(24)23-13-5-6-14-23/h2-4,7-12,15,19,22H,5-6,13-14H2,1H3/p+1/t15-,19-/m0/s1. The molecule has 2 aromatic rings. The summed E-state index contributed by atoms with van der Waals surface area (Å²) in [6, 6.07) is 17.9. The summed E-state index contributed by atoms with van der Waals surface area (Å²) in [6.07, 6.45) is 2.22. The molecule has 3 rings (SSSR count). The molecular formula is C20H24ClN2O+. The third-order valence-electron chi connectivity index (χ3n) is 4.72.